The molecule has 0 bridgehead atoms. The lowest BCUT2D eigenvalue weighted by molar-refractivity contribution is 0.0690. The summed E-state index contributed by atoms with van der Waals surface area (Å²) >= 11 is 0. The first-order chi connectivity index (χ1) is 9.16. The zero-order valence-electron chi connectivity index (χ0n) is 10.4. The maximum Gasteiger partial charge on any atom is 0.358 e. The first kappa shape index (κ1) is 13.3. The van der Waals surface area contributed by atoms with Crippen molar-refractivity contribution in [3.63, 3.8) is 0 Å². The van der Waals surface area contributed by atoms with E-state index in [1.54, 1.807) is 4.90 Å². The molecule has 0 aliphatic carbocycles. The van der Waals surface area contributed by atoms with Crippen molar-refractivity contribution in [3.05, 3.63) is 11.9 Å². The second kappa shape index (κ2) is 6.14. The van der Waals surface area contributed by atoms with E-state index in [1.165, 1.54) is 10.9 Å². The number of nitrogens with zero attached hydrogens (tertiary/aromatic N) is 4. The van der Waals surface area contributed by atoms with E-state index in [9.17, 15) is 9.59 Å². The zero-order chi connectivity index (χ0) is 13.7. The van der Waals surface area contributed by atoms with Crippen LogP contribution in [0.25, 0.3) is 0 Å². The van der Waals surface area contributed by atoms with Crippen LogP contribution >= 0.6 is 0 Å². The summed E-state index contributed by atoms with van der Waals surface area (Å²) in [6.07, 6.45) is 1.33. The van der Waals surface area contributed by atoms with Gasteiger partial charge in [-0.25, -0.2) is 14.3 Å². The van der Waals surface area contributed by atoms with Crippen LogP contribution < -0.4 is 10.6 Å². The number of carbonyl (C=O) groups excluding carboxylic acids is 1. The monoisotopic (exact) mass is 268 g/mol. The molecule has 1 aliphatic rings. The van der Waals surface area contributed by atoms with Gasteiger partial charge in [0.2, 0.25) is 0 Å². The second-order valence-corrected chi connectivity index (χ2v) is 4.14. The van der Waals surface area contributed by atoms with E-state index in [4.69, 9.17) is 5.11 Å². The third-order valence-corrected chi connectivity index (χ3v) is 2.78. The first-order valence-electron chi connectivity index (χ1n) is 6.04. The van der Waals surface area contributed by atoms with Gasteiger partial charge in [-0.15, -0.1) is 5.10 Å². The van der Waals surface area contributed by atoms with Gasteiger partial charge in [0.1, 0.15) is 0 Å². The Balaban J connectivity index is 1.73. The molecule has 0 spiro atoms. The lowest BCUT2D eigenvalue weighted by atomic mass is 10.4. The highest BCUT2D eigenvalue weighted by atomic mass is 16.4. The van der Waals surface area contributed by atoms with Crippen LogP contribution in [0.4, 0.5) is 4.79 Å². The Labute approximate surface area is 109 Å². The zero-order valence-corrected chi connectivity index (χ0v) is 10.4. The largest absolute Gasteiger partial charge is 0.476 e. The van der Waals surface area contributed by atoms with Crippen molar-refractivity contribution in [1.82, 2.24) is 30.5 Å². The molecule has 1 aromatic rings. The van der Waals surface area contributed by atoms with Crippen LogP contribution in [0.5, 0.6) is 0 Å². The molecule has 9 heteroatoms. The van der Waals surface area contributed by atoms with Crippen LogP contribution in [0.1, 0.15) is 10.5 Å². The van der Waals surface area contributed by atoms with Crippen molar-refractivity contribution in [3.8, 4) is 0 Å². The summed E-state index contributed by atoms with van der Waals surface area (Å²) in [6.45, 7) is 3.76. The minimum Gasteiger partial charge on any atom is -0.476 e. The van der Waals surface area contributed by atoms with Crippen LogP contribution in [-0.2, 0) is 6.54 Å². The number of piperazine rings is 1. The Morgan fingerprint density at radius 3 is 2.79 bits per heavy atom. The summed E-state index contributed by atoms with van der Waals surface area (Å²) in [7, 11) is 0. The molecule has 1 saturated heterocycles. The van der Waals surface area contributed by atoms with E-state index in [0.717, 1.165) is 13.1 Å². The molecule has 9 nitrogen and oxygen atoms in total. The number of amides is 2. The molecule has 19 heavy (non-hydrogen) atoms. The molecule has 0 radical (unpaired) electrons. The van der Waals surface area contributed by atoms with Gasteiger partial charge in [-0.05, 0) is 0 Å². The van der Waals surface area contributed by atoms with Gasteiger partial charge in [0.25, 0.3) is 0 Å². The molecule has 104 valence electrons. The number of carboxylic acid groups (broad SMARTS) is 1. The number of carbonyl (C=O) groups is 2. The molecule has 2 rings (SSSR count). The average molecular weight is 268 g/mol. The first-order valence-corrected chi connectivity index (χ1v) is 6.04. The van der Waals surface area contributed by atoms with Crippen molar-refractivity contribution in [1.29, 1.82) is 0 Å². The third kappa shape index (κ3) is 3.65. The standard InChI is InChI=1S/C10H16N6O3/c17-9(18)8-7-16(14-13-8)6-3-12-10(19)15-4-1-11-2-5-15/h7,11H,1-6H2,(H,12,19)(H,17,18). The lowest BCUT2D eigenvalue weighted by Gasteiger charge is -2.27. The quantitative estimate of drug-likeness (QED) is 0.618. The number of carboxylic acids is 1. The maximum atomic E-state index is 11.7. The van der Waals surface area contributed by atoms with Crippen LogP contribution in [0, 0.1) is 0 Å². The fourth-order valence-corrected chi connectivity index (χ4v) is 1.76. The number of aromatic carboxylic acids is 1. The molecule has 1 aliphatic heterocycles. The molecule has 1 aromatic heterocycles. The summed E-state index contributed by atoms with van der Waals surface area (Å²) in [5.41, 5.74) is -0.103. The fraction of sp³-hybridized carbons (Fsp3) is 0.600. The topological polar surface area (TPSA) is 112 Å². The SMILES string of the molecule is O=C(O)c1cn(CCNC(=O)N2CCNCC2)nn1. The minimum atomic E-state index is -1.11. The van der Waals surface area contributed by atoms with Crippen molar-refractivity contribution < 1.29 is 14.7 Å². The predicted molar refractivity (Wildman–Crippen MR) is 64.8 cm³/mol. The number of hydrogen-bond acceptors (Lipinski definition) is 5. The minimum absolute atomic E-state index is 0.103. The van der Waals surface area contributed by atoms with Gasteiger partial charge >= 0.3 is 12.0 Å². The second-order valence-electron chi connectivity index (χ2n) is 4.14. The molecule has 2 amide bonds. The molecular formula is C10H16N6O3. The highest BCUT2D eigenvalue weighted by Crippen LogP contribution is 1.94. The molecule has 0 atom stereocenters. The Morgan fingerprint density at radius 2 is 2.16 bits per heavy atom. The molecule has 2 heterocycles. The molecule has 3 N–H and O–H groups in total. The van der Waals surface area contributed by atoms with Gasteiger partial charge in [0, 0.05) is 32.7 Å². The van der Waals surface area contributed by atoms with Crippen molar-refractivity contribution in [2.45, 2.75) is 6.54 Å². The van der Waals surface area contributed by atoms with Crippen molar-refractivity contribution in [2.24, 2.45) is 0 Å². The van der Waals surface area contributed by atoms with Crippen LogP contribution in [0.2, 0.25) is 0 Å². The number of urea groups is 1. The van der Waals surface area contributed by atoms with E-state index >= 15 is 0 Å². The van der Waals surface area contributed by atoms with E-state index in [0.29, 0.717) is 26.2 Å². The van der Waals surface area contributed by atoms with Gasteiger partial charge < -0.3 is 20.6 Å². The molecule has 0 unspecified atom stereocenters. The summed E-state index contributed by atoms with van der Waals surface area (Å²) in [6, 6.07) is -0.111. The van der Waals surface area contributed by atoms with Crippen LogP contribution in [0.15, 0.2) is 6.20 Å². The van der Waals surface area contributed by atoms with Crippen LogP contribution in [-0.4, -0.2) is 69.7 Å². The van der Waals surface area contributed by atoms with Crippen LogP contribution in [0.3, 0.4) is 0 Å². The van der Waals surface area contributed by atoms with Gasteiger partial charge in [0.15, 0.2) is 5.69 Å². The van der Waals surface area contributed by atoms with Gasteiger partial charge in [-0.2, -0.15) is 0 Å². The van der Waals surface area contributed by atoms with Crippen molar-refractivity contribution in [2.75, 3.05) is 32.7 Å². The average Bonchev–Trinajstić information content (AvgIpc) is 2.89. The smallest absolute Gasteiger partial charge is 0.358 e. The Morgan fingerprint density at radius 1 is 1.42 bits per heavy atom. The van der Waals surface area contributed by atoms with E-state index in [2.05, 4.69) is 20.9 Å². The summed E-state index contributed by atoms with van der Waals surface area (Å²) in [5, 5.41) is 21.8. The van der Waals surface area contributed by atoms with Gasteiger partial charge in [0.05, 0.1) is 12.7 Å². The Hall–Kier alpha value is -2.16. The fourth-order valence-electron chi connectivity index (χ4n) is 1.76. The highest BCUT2D eigenvalue weighted by molar-refractivity contribution is 5.84. The number of aromatic nitrogens is 3. The summed E-state index contributed by atoms with van der Waals surface area (Å²) < 4.78 is 1.39. The predicted octanol–water partition coefficient (Wildman–Crippen LogP) is -1.41. The summed E-state index contributed by atoms with van der Waals surface area (Å²) in [5.74, 6) is -1.11. The van der Waals surface area contributed by atoms with Crippen molar-refractivity contribution >= 4 is 12.0 Å². The Bertz CT molecular complexity index is 454. The molecule has 0 saturated carbocycles. The number of nitrogens with one attached hydrogen (secondary N) is 2. The molecular weight excluding hydrogens is 252 g/mol. The Kier molecular flexibility index (Phi) is 4.29. The van der Waals surface area contributed by atoms with Gasteiger partial charge in [-0.1, -0.05) is 5.21 Å². The van der Waals surface area contributed by atoms with E-state index in [1.807, 2.05) is 0 Å². The number of rotatable bonds is 4. The number of hydrogen-bond donors (Lipinski definition) is 3. The van der Waals surface area contributed by atoms with E-state index in [-0.39, 0.29) is 11.7 Å². The third-order valence-electron chi connectivity index (χ3n) is 2.78. The summed E-state index contributed by atoms with van der Waals surface area (Å²) in [4.78, 5) is 24.1. The molecule has 1 fully saturated rings. The van der Waals surface area contributed by atoms with E-state index < -0.39 is 5.97 Å². The lowest BCUT2D eigenvalue weighted by Crippen LogP contribution is -2.50. The maximum absolute atomic E-state index is 11.7. The molecule has 0 aromatic carbocycles. The highest BCUT2D eigenvalue weighted by Gasteiger charge is 2.15. The van der Waals surface area contributed by atoms with Gasteiger partial charge in [-0.3, -0.25) is 0 Å². The normalized spacial score (nSPS) is 15.3.